The summed E-state index contributed by atoms with van der Waals surface area (Å²) in [4.78, 5) is 23.5. The van der Waals surface area contributed by atoms with Crippen LogP contribution in [-0.2, 0) is 4.79 Å². The van der Waals surface area contributed by atoms with Crippen molar-refractivity contribution in [1.29, 1.82) is 0 Å². The average Bonchev–Trinajstić information content (AvgIpc) is 2.53. The van der Waals surface area contributed by atoms with Gasteiger partial charge in [0.2, 0.25) is 5.91 Å². The predicted molar refractivity (Wildman–Crippen MR) is 88.9 cm³/mol. The molecule has 4 saturated carbocycles. The molecule has 0 aliphatic heterocycles. The van der Waals surface area contributed by atoms with E-state index in [1.54, 1.807) is 6.07 Å². The van der Waals surface area contributed by atoms with Crippen LogP contribution < -0.4 is 10.1 Å². The quantitative estimate of drug-likeness (QED) is 0.673. The Morgan fingerprint density at radius 1 is 1.21 bits per heavy atom. The molecule has 1 aromatic carbocycles. The minimum atomic E-state index is -0.483. The number of hydrogen-bond donors (Lipinski definition) is 1. The summed E-state index contributed by atoms with van der Waals surface area (Å²) in [5.74, 6) is 2.36. The number of methoxy groups -OCH3 is 1. The van der Waals surface area contributed by atoms with E-state index in [1.165, 1.54) is 38.5 Å². The molecule has 4 aliphatic rings. The second kappa shape index (κ2) is 5.46. The summed E-state index contributed by atoms with van der Waals surface area (Å²) in [7, 11) is 1.40. The van der Waals surface area contributed by atoms with Gasteiger partial charge in [-0.1, -0.05) is 0 Å². The van der Waals surface area contributed by atoms with Crippen molar-refractivity contribution in [2.45, 2.75) is 38.5 Å². The van der Waals surface area contributed by atoms with Crippen molar-refractivity contribution in [2.24, 2.45) is 23.2 Å². The number of carbonyl (C=O) groups is 1. The van der Waals surface area contributed by atoms with Gasteiger partial charge >= 0.3 is 5.69 Å². The zero-order chi connectivity index (χ0) is 16.9. The molecule has 0 radical (unpaired) electrons. The molecule has 4 fully saturated rings. The van der Waals surface area contributed by atoms with Crippen LogP contribution in [0.3, 0.4) is 0 Å². The van der Waals surface area contributed by atoms with Gasteiger partial charge < -0.3 is 10.1 Å². The Kier molecular flexibility index (Phi) is 3.51. The molecule has 6 heteroatoms. The maximum Gasteiger partial charge on any atom is 0.311 e. The number of hydrogen-bond acceptors (Lipinski definition) is 4. The molecule has 1 amide bonds. The van der Waals surface area contributed by atoms with E-state index in [0.29, 0.717) is 23.4 Å². The topological polar surface area (TPSA) is 81.5 Å². The SMILES string of the molecule is COc1cc(NC(=O)C23CC4CC(CC(C4)C2)C3)ccc1[N+](=O)[O-]. The monoisotopic (exact) mass is 330 g/mol. The minimum absolute atomic E-state index is 0.0810. The molecule has 128 valence electrons. The van der Waals surface area contributed by atoms with Gasteiger partial charge in [-0.15, -0.1) is 0 Å². The van der Waals surface area contributed by atoms with E-state index < -0.39 is 4.92 Å². The van der Waals surface area contributed by atoms with Crippen LogP contribution >= 0.6 is 0 Å². The lowest BCUT2D eigenvalue weighted by Crippen LogP contribution is -2.51. The van der Waals surface area contributed by atoms with Gasteiger partial charge in [0.15, 0.2) is 5.75 Å². The van der Waals surface area contributed by atoms with Crippen LogP contribution in [0.2, 0.25) is 0 Å². The number of amides is 1. The van der Waals surface area contributed by atoms with Gasteiger partial charge in [0, 0.05) is 17.8 Å². The fraction of sp³-hybridized carbons (Fsp3) is 0.611. The first-order valence-electron chi connectivity index (χ1n) is 8.63. The van der Waals surface area contributed by atoms with Gasteiger partial charge in [-0.2, -0.15) is 0 Å². The normalized spacial score (nSPS) is 33.3. The third-order valence-corrected chi connectivity index (χ3v) is 6.15. The summed E-state index contributed by atoms with van der Waals surface area (Å²) in [6.07, 6.45) is 6.85. The van der Waals surface area contributed by atoms with E-state index in [-0.39, 0.29) is 22.8 Å². The highest BCUT2D eigenvalue weighted by Crippen LogP contribution is 2.60. The Morgan fingerprint density at radius 2 is 1.79 bits per heavy atom. The zero-order valence-electron chi connectivity index (χ0n) is 13.8. The summed E-state index contributed by atoms with van der Waals surface area (Å²) in [6, 6.07) is 4.50. The van der Waals surface area contributed by atoms with Crippen molar-refractivity contribution in [3.63, 3.8) is 0 Å². The largest absolute Gasteiger partial charge is 0.490 e. The molecular weight excluding hydrogens is 308 g/mol. The molecule has 4 bridgehead atoms. The molecule has 0 heterocycles. The summed E-state index contributed by atoms with van der Waals surface area (Å²) >= 11 is 0. The van der Waals surface area contributed by atoms with Gasteiger partial charge in [-0.25, -0.2) is 0 Å². The number of nitrogens with one attached hydrogen (secondary N) is 1. The lowest BCUT2D eigenvalue weighted by Gasteiger charge is -2.55. The maximum atomic E-state index is 13.0. The molecule has 0 aromatic heterocycles. The van der Waals surface area contributed by atoms with E-state index in [2.05, 4.69) is 5.32 Å². The Balaban J connectivity index is 1.55. The molecule has 0 atom stereocenters. The Hall–Kier alpha value is -2.11. The van der Waals surface area contributed by atoms with E-state index in [0.717, 1.165) is 19.3 Å². The average molecular weight is 330 g/mol. The van der Waals surface area contributed by atoms with Crippen LogP contribution in [0.15, 0.2) is 18.2 Å². The van der Waals surface area contributed by atoms with Crippen molar-refractivity contribution in [1.82, 2.24) is 0 Å². The summed E-state index contributed by atoms with van der Waals surface area (Å²) in [6.45, 7) is 0. The van der Waals surface area contributed by atoms with E-state index in [4.69, 9.17) is 4.74 Å². The maximum absolute atomic E-state index is 13.0. The Bertz CT molecular complexity index is 665. The highest BCUT2D eigenvalue weighted by Gasteiger charge is 2.54. The van der Waals surface area contributed by atoms with Crippen molar-refractivity contribution in [3.05, 3.63) is 28.3 Å². The minimum Gasteiger partial charge on any atom is -0.490 e. The number of ether oxygens (including phenoxy) is 1. The lowest BCUT2D eigenvalue weighted by molar-refractivity contribution is -0.385. The third kappa shape index (κ3) is 2.44. The highest BCUT2D eigenvalue weighted by atomic mass is 16.6. The second-order valence-electron chi connectivity index (χ2n) is 7.80. The molecule has 0 unspecified atom stereocenters. The van der Waals surface area contributed by atoms with Crippen LogP contribution in [0, 0.1) is 33.3 Å². The number of benzene rings is 1. The second-order valence-corrected chi connectivity index (χ2v) is 7.80. The molecule has 6 nitrogen and oxygen atoms in total. The Labute approximate surface area is 140 Å². The van der Waals surface area contributed by atoms with Crippen LogP contribution in [0.4, 0.5) is 11.4 Å². The molecule has 1 aromatic rings. The van der Waals surface area contributed by atoms with Gasteiger partial charge in [0.25, 0.3) is 0 Å². The molecule has 5 rings (SSSR count). The van der Waals surface area contributed by atoms with Crippen molar-refractivity contribution >= 4 is 17.3 Å². The van der Waals surface area contributed by atoms with Gasteiger partial charge in [0.05, 0.1) is 17.4 Å². The number of rotatable bonds is 4. The number of nitro groups is 1. The number of nitrogens with zero attached hydrogens (tertiary/aromatic N) is 1. The third-order valence-electron chi connectivity index (χ3n) is 6.15. The highest BCUT2D eigenvalue weighted by molar-refractivity contribution is 5.96. The van der Waals surface area contributed by atoms with Crippen LogP contribution in [0.5, 0.6) is 5.75 Å². The molecule has 0 spiro atoms. The molecule has 4 aliphatic carbocycles. The number of nitro benzene ring substituents is 1. The summed E-state index contributed by atoms with van der Waals surface area (Å²) in [5.41, 5.74) is 0.243. The van der Waals surface area contributed by atoms with E-state index >= 15 is 0 Å². The number of carbonyl (C=O) groups excluding carboxylic acids is 1. The first-order chi connectivity index (χ1) is 11.5. The predicted octanol–water partition coefficient (Wildman–Crippen LogP) is 3.76. The van der Waals surface area contributed by atoms with Gasteiger partial charge in [-0.3, -0.25) is 14.9 Å². The molecule has 0 saturated heterocycles. The van der Waals surface area contributed by atoms with Gasteiger partial charge in [-0.05, 0) is 62.3 Å². The number of anilines is 1. The van der Waals surface area contributed by atoms with Gasteiger partial charge in [0.1, 0.15) is 0 Å². The van der Waals surface area contributed by atoms with Crippen LogP contribution in [0.25, 0.3) is 0 Å². The smallest absolute Gasteiger partial charge is 0.311 e. The first-order valence-corrected chi connectivity index (χ1v) is 8.63. The Morgan fingerprint density at radius 3 is 2.29 bits per heavy atom. The standard InChI is InChI=1S/C18H22N2O4/c1-24-16-7-14(2-3-15(16)20(22)23)19-17(21)18-8-11-4-12(9-18)6-13(5-11)10-18/h2-3,7,11-13H,4-6,8-10H2,1H3,(H,19,21). The van der Waals surface area contributed by atoms with Crippen molar-refractivity contribution < 1.29 is 14.5 Å². The fourth-order valence-electron chi connectivity index (χ4n) is 5.56. The summed E-state index contributed by atoms with van der Waals surface area (Å²) < 4.78 is 5.09. The fourth-order valence-corrected chi connectivity index (χ4v) is 5.56. The van der Waals surface area contributed by atoms with Crippen molar-refractivity contribution in [3.8, 4) is 5.75 Å². The summed E-state index contributed by atoms with van der Waals surface area (Å²) in [5, 5.41) is 14.0. The van der Waals surface area contributed by atoms with Crippen LogP contribution in [0.1, 0.15) is 38.5 Å². The van der Waals surface area contributed by atoms with Crippen LogP contribution in [-0.4, -0.2) is 17.9 Å². The zero-order valence-corrected chi connectivity index (χ0v) is 13.8. The lowest BCUT2D eigenvalue weighted by atomic mass is 9.49. The first kappa shape index (κ1) is 15.4. The van der Waals surface area contributed by atoms with E-state index in [9.17, 15) is 14.9 Å². The molecule has 1 N–H and O–H groups in total. The van der Waals surface area contributed by atoms with E-state index in [1.807, 2.05) is 0 Å². The van der Waals surface area contributed by atoms with Crippen molar-refractivity contribution in [2.75, 3.05) is 12.4 Å². The molecular formula is C18H22N2O4. The molecule has 24 heavy (non-hydrogen) atoms.